The summed E-state index contributed by atoms with van der Waals surface area (Å²) < 4.78 is 6.45. The van der Waals surface area contributed by atoms with Crippen molar-refractivity contribution in [3.63, 3.8) is 0 Å². The lowest BCUT2D eigenvalue weighted by Gasteiger charge is -2.27. The van der Waals surface area contributed by atoms with Crippen LogP contribution in [0.3, 0.4) is 0 Å². The fourth-order valence-corrected chi connectivity index (χ4v) is 5.44. The normalized spacial score (nSPS) is 18.2. The molecule has 6 nitrogen and oxygen atoms in total. The molecule has 30 heavy (non-hydrogen) atoms. The second kappa shape index (κ2) is 8.71. The molecule has 1 amide bonds. The Bertz CT molecular complexity index is 1090. The number of hydrogen-bond acceptors (Lipinski definition) is 5. The van der Waals surface area contributed by atoms with E-state index in [1.807, 2.05) is 42.5 Å². The van der Waals surface area contributed by atoms with Gasteiger partial charge in [-0.25, -0.2) is 0 Å². The first-order chi connectivity index (χ1) is 14.5. The summed E-state index contributed by atoms with van der Waals surface area (Å²) >= 11 is 11.0. The van der Waals surface area contributed by atoms with Gasteiger partial charge in [-0.15, -0.1) is 11.3 Å². The van der Waals surface area contributed by atoms with Crippen molar-refractivity contribution in [1.29, 1.82) is 0 Å². The number of nitrogens with one attached hydrogen (secondary N) is 2. The van der Waals surface area contributed by atoms with Crippen LogP contribution in [0.15, 0.2) is 58.5 Å². The number of ether oxygens (including phenoxy) is 1. The molecule has 0 saturated carbocycles. The molecule has 1 aromatic carbocycles. The van der Waals surface area contributed by atoms with E-state index in [1.165, 1.54) is 6.92 Å². The number of benzene rings is 1. The molecule has 1 aliphatic rings. The molecule has 3 heterocycles. The van der Waals surface area contributed by atoms with Gasteiger partial charge in [0.05, 0.1) is 34.4 Å². The molecule has 0 aliphatic carbocycles. The maximum atomic E-state index is 11.7. The highest BCUT2D eigenvalue weighted by Gasteiger charge is 2.41. The molecule has 154 valence electrons. The number of anilines is 2. The zero-order chi connectivity index (χ0) is 21.3. The first kappa shape index (κ1) is 20.8. The predicted octanol–water partition coefficient (Wildman–Crippen LogP) is 5.05. The van der Waals surface area contributed by atoms with Crippen LogP contribution in [0.5, 0.6) is 5.75 Å². The Morgan fingerprint density at radius 1 is 1.30 bits per heavy atom. The van der Waals surface area contributed by atoms with Crippen LogP contribution in [-0.2, 0) is 4.79 Å². The van der Waals surface area contributed by atoms with E-state index in [2.05, 4.69) is 42.5 Å². The van der Waals surface area contributed by atoms with Gasteiger partial charge in [0.15, 0.2) is 5.11 Å². The zero-order valence-corrected chi connectivity index (χ0v) is 19.5. The van der Waals surface area contributed by atoms with Crippen LogP contribution < -0.4 is 20.3 Å². The van der Waals surface area contributed by atoms with Crippen LogP contribution in [0, 0.1) is 0 Å². The summed E-state index contributed by atoms with van der Waals surface area (Å²) in [5.41, 5.74) is 2.36. The first-order valence-electron chi connectivity index (χ1n) is 9.19. The number of hydrogen-bond donors (Lipinski definition) is 2. The minimum Gasteiger partial charge on any atom is -0.495 e. The predicted molar refractivity (Wildman–Crippen MR) is 127 cm³/mol. The Morgan fingerprint density at radius 2 is 2.13 bits per heavy atom. The molecule has 2 atom stereocenters. The lowest BCUT2D eigenvalue weighted by Crippen LogP contribution is -2.29. The number of rotatable bonds is 5. The fraction of sp³-hybridized carbons (Fsp3) is 0.190. The summed E-state index contributed by atoms with van der Waals surface area (Å²) in [5, 5.41) is 6.86. The van der Waals surface area contributed by atoms with Crippen molar-refractivity contribution in [2.75, 3.05) is 17.3 Å². The lowest BCUT2D eigenvalue weighted by molar-refractivity contribution is -0.114. The zero-order valence-electron chi connectivity index (χ0n) is 16.3. The number of methoxy groups -OCH3 is 1. The number of pyridine rings is 1. The minimum atomic E-state index is -0.169. The maximum Gasteiger partial charge on any atom is 0.221 e. The van der Waals surface area contributed by atoms with E-state index in [9.17, 15) is 4.79 Å². The Kier molecular flexibility index (Phi) is 6.03. The molecule has 3 aromatic rings. The quantitative estimate of drug-likeness (QED) is 0.475. The number of halogens is 1. The van der Waals surface area contributed by atoms with Gasteiger partial charge in [0, 0.05) is 23.7 Å². The summed E-state index contributed by atoms with van der Waals surface area (Å²) in [7, 11) is 1.57. The molecular formula is C21H19BrN4O2S2. The van der Waals surface area contributed by atoms with Gasteiger partial charge in [-0.3, -0.25) is 9.78 Å². The summed E-state index contributed by atoms with van der Waals surface area (Å²) in [6.07, 6.45) is 1.78. The third-order valence-corrected chi connectivity index (χ3v) is 6.76. The lowest BCUT2D eigenvalue weighted by atomic mass is 10.0. The smallest absolute Gasteiger partial charge is 0.221 e. The van der Waals surface area contributed by atoms with Gasteiger partial charge in [0.1, 0.15) is 5.75 Å². The summed E-state index contributed by atoms with van der Waals surface area (Å²) in [5.74, 6) is 0.418. The highest BCUT2D eigenvalue weighted by molar-refractivity contribution is 9.11. The Balaban J connectivity index is 1.81. The molecule has 0 spiro atoms. The topological polar surface area (TPSA) is 66.5 Å². The van der Waals surface area contributed by atoms with Crippen LogP contribution in [0.25, 0.3) is 0 Å². The molecule has 1 aliphatic heterocycles. The SMILES string of the molecule is COc1ccc(N2C(=S)N[C@H](c3ccccn3)[C@@H]2c2ccc(Br)s2)cc1NC(C)=O. The Hall–Kier alpha value is -2.49. The number of amides is 1. The highest BCUT2D eigenvalue weighted by Crippen LogP contribution is 2.45. The monoisotopic (exact) mass is 502 g/mol. The van der Waals surface area contributed by atoms with Crippen molar-refractivity contribution in [3.8, 4) is 5.75 Å². The average molecular weight is 503 g/mol. The molecular weight excluding hydrogens is 484 g/mol. The minimum absolute atomic E-state index is 0.0951. The third kappa shape index (κ3) is 4.05. The van der Waals surface area contributed by atoms with E-state index >= 15 is 0 Å². The van der Waals surface area contributed by atoms with E-state index in [4.69, 9.17) is 17.0 Å². The third-order valence-electron chi connectivity index (χ3n) is 4.76. The molecule has 4 rings (SSSR count). The first-order valence-corrected chi connectivity index (χ1v) is 11.2. The molecule has 0 radical (unpaired) electrons. The average Bonchev–Trinajstić information content (AvgIpc) is 3.31. The number of thiophene rings is 1. The van der Waals surface area contributed by atoms with Crippen LogP contribution in [0.1, 0.15) is 29.6 Å². The van der Waals surface area contributed by atoms with Gasteiger partial charge in [-0.2, -0.15) is 0 Å². The molecule has 2 N–H and O–H groups in total. The molecule has 1 saturated heterocycles. The molecule has 2 aromatic heterocycles. The number of carbonyl (C=O) groups excluding carboxylic acids is 1. The summed E-state index contributed by atoms with van der Waals surface area (Å²) in [4.78, 5) is 19.4. The summed E-state index contributed by atoms with van der Waals surface area (Å²) in [6.45, 7) is 1.47. The Morgan fingerprint density at radius 3 is 2.77 bits per heavy atom. The van der Waals surface area contributed by atoms with Gasteiger partial charge < -0.3 is 20.3 Å². The van der Waals surface area contributed by atoms with E-state index < -0.39 is 0 Å². The van der Waals surface area contributed by atoms with Crippen molar-refractivity contribution in [3.05, 3.63) is 69.1 Å². The van der Waals surface area contributed by atoms with Crippen molar-refractivity contribution in [2.24, 2.45) is 0 Å². The van der Waals surface area contributed by atoms with Gasteiger partial charge in [-0.05, 0) is 70.6 Å². The van der Waals surface area contributed by atoms with Crippen molar-refractivity contribution in [2.45, 2.75) is 19.0 Å². The number of carbonyl (C=O) groups is 1. The van der Waals surface area contributed by atoms with Gasteiger partial charge in [0.2, 0.25) is 5.91 Å². The molecule has 9 heteroatoms. The molecule has 0 unspecified atom stereocenters. The van der Waals surface area contributed by atoms with Gasteiger partial charge in [-0.1, -0.05) is 6.07 Å². The summed E-state index contributed by atoms with van der Waals surface area (Å²) in [6, 6.07) is 15.4. The fourth-order valence-electron chi connectivity index (χ4n) is 3.54. The van der Waals surface area contributed by atoms with Gasteiger partial charge in [0.25, 0.3) is 0 Å². The molecule has 1 fully saturated rings. The number of thiocarbonyl (C=S) groups is 1. The highest BCUT2D eigenvalue weighted by atomic mass is 79.9. The Labute approximate surface area is 192 Å². The maximum absolute atomic E-state index is 11.7. The van der Waals surface area contributed by atoms with Crippen LogP contribution in [0.4, 0.5) is 11.4 Å². The van der Waals surface area contributed by atoms with E-state index in [1.54, 1.807) is 24.6 Å². The van der Waals surface area contributed by atoms with E-state index in [0.717, 1.165) is 20.0 Å². The van der Waals surface area contributed by atoms with Gasteiger partial charge >= 0.3 is 0 Å². The number of aromatic nitrogens is 1. The number of nitrogens with zero attached hydrogens (tertiary/aromatic N) is 2. The molecule has 0 bridgehead atoms. The van der Waals surface area contributed by atoms with Crippen LogP contribution in [-0.4, -0.2) is 23.1 Å². The second-order valence-corrected chi connectivity index (χ2v) is 9.59. The van der Waals surface area contributed by atoms with E-state index in [-0.39, 0.29) is 18.0 Å². The van der Waals surface area contributed by atoms with E-state index in [0.29, 0.717) is 16.5 Å². The van der Waals surface area contributed by atoms with Crippen LogP contribution in [0.2, 0.25) is 0 Å². The second-order valence-electron chi connectivity index (χ2n) is 6.70. The van der Waals surface area contributed by atoms with Crippen molar-refractivity contribution >= 4 is 61.9 Å². The van der Waals surface area contributed by atoms with Crippen LogP contribution >= 0.6 is 39.5 Å². The largest absolute Gasteiger partial charge is 0.495 e. The van der Waals surface area contributed by atoms with Crippen molar-refractivity contribution < 1.29 is 9.53 Å². The van der Waals surface area contributed by atoms with Crippen molar-refractivity contribution in [1.82, 2.24) is 10.3 Å². The standard InChI is InChI=1S/C21H19BrN4O2S2/c1-12(27)24-15-11-13(6-7-16(15)28-2)26-20(17-8-9-18(22)30-17)19(25-21(26)29)14-5-3-4-10-23-14/h3-11,19-20H,1-2H3,(H,24,27)(H,25,29)/t19-,20+/m1/s1.